The van der Waals surface area contributed by atoms with Gasteiger partial charge in [0.25, 0.3) is 0 Å². The van der Waals surface area contributed by atoms with E-state index >= 15 is 0 Å². The number of primary amides is 1. The molecule has 144 valence electrons. The summed E-state index contributed by atoms with van der Waals surface area (Å²) in [5, 5.41) is 0. The highest BCUT2D eigenvalue weighted by Crippen LogP contribution is 2.43. The summed E-state index contributed by atoms with van der Waals surface area (Å²) in [5.41, 5.74) is 5.97. The van der Waals surface area contributed by atoms with Crippen LogP contribution in [0.4, 0.5) is 0 Å². The van der Waals surface area contributed by atoms with Gasteiger partial charge >= 0.3 is 7.12 Å². The maximum Gasteiger partial charge on any atom is 0.461 e. The van der Waals surface area contributed by atoms with Crippen LogP contribution in [-0.4, -0.2) is 31.3 Å². The molecule has 1 aliphatic rings. The molecule has 1 saturated heterocycles. The molecule has 1 fully saturated rings. The van der Waals surface area contributed by atoms with Gasteiger partial charge in [0.15, 0.2) is 0 Å². The fraction of sp³-hybridized carbons (Fsp3) is 0.650. The third-order valence-electron chi connectivity index (χ3n) is 5.85. The van der Waals surface area contributed by atoms with Crippen molar-refractivity contribution in [1.82, 2.24) is 0 Å². The summed E-state index contributed by atoms with van der Waals surface area (Å²) >= 11 is 0. The van der Waals surface area contributed by atoms with Gasteiger partial charge in [-0.3, -0.25) is 4.79 Å². The third kappa shape index (κ3) is 4.60. The minimum Gasteiger partial charge on any atom is -0.497 e. The zero-order valence-corrected chi connectivity index (χ0v) is 16.9. The highest BCUT2D eigenvalue weighted by Gasteiger charge is 2.54. The number of hydrogen-bond donors (Lipinski definition) is 1. The number of benzene rings is 1. The lowest BCUT2D eigenvalue weighted by molar-refractivity contribution is -0.121. The second-order valence-corrected chi connectivity index (χ2v) is 8.22. The van der Waals surface area contributed by atoms with Crippen molar-refractivity contribution >= 4 is 13.0 Å². The summed E-state index contributed by atoms with van der Waals surface area (Å²) in [5.74, 6) is 0.163. The third-order valence-corrected chi connectivity index (χ3v) is 5.85. The molecule has 0 spiro atoms. The van der Waals surface area contributed by atoms with Crippen molar-refractivity contribution in [2.45, 2.75) is 70.9 Å². The van der Waals surface area contributed by atoms with E-state index in [9.17, 15) is 4.79 Å². The fourth-order valence-corrected chi connectivity index (χ4v) is 3.27. The van der Waals surface area contributed by atoms with E-state index in [1.165, 1.54) is 5.56 Å². The van der Waals surface area contributed by atoms with E-state index in [1.54, 1.807) is 7.11 Å². The number of hydrogen-bond acceptors (Lipinski definition) is 4. The van der Waals surface area contributed by atoms with Crippen molar-refractivity contribution in [2.24, 2.45) is 11.7 Å². The summed E-state index contributed by atoms with van der Waals surface area (Å²) in [6.07, 6.45) is 2.62. The Hall–Kier alpha value is -1.53. The molecule has 2 atom stereocenters. The number of ether oxygens (including phenoxy) is 1. The molecule has 2 N–H and O–H groups in total. The van der Waals surface area contributed by atoms with Gasteiger partial charge in [0.05, 0.1) is 18.3 Å². The number of nitrogens with two attached hydrogens (primary N) is 1. The van der Waals surface area contributed by atoms with E-state index in [2.05, 4.69) is 6.07 Å². The Balaban J connectivity index is 2.05. The van der Waals surface area contributed by atoms with Crippen LogP contribution in [0.5, 0.6) is 5.75 Å². The summed E-state index contributed by atoms with van der Waals surface area (Å²) in [6, 6.07) is 8.06. The number of carbonyl (C=O) groups is 1. The van der Waals surface area contributed by atoms with Crippen LogP contribution in [0.25, 0.3) is 0 Å². The van der Waals surface area contributed by atoms with Crippen molar-refractivity contribution in [3.05, 3.63) is 29.8 Å². The molecule has 0 aromatic heterocycles. The fourth-order valence-electron chi connectivity index (χ4n) is 3.27. The number of aryl methyl sites for hydroxylation is 1. The van der Waals surface area contributed by atoms with Crippen LogP contribution in [0.1, 0.15) is 53.0 Å². The Morgan fingerprint density at radius 1 is 1.23 bits per heavy atom. The molecule has 1 aromatic carbocycles. The number of rotatable bonds is 8. The summed E-state index contributed by atoms with van der Waals surface area (Å²) < 4.78 is 17.7. The highest BCUT2D eigenvalue weighted by atomic mass is 16.7. The molecular weight excluding hydrogens is 329 g/mol. The number of carbonyl (C=O) groups excluding carboxylic acids is 1. The van der Waals surface area contributed by atoms with E-state index in [1.807, 2.05) is 52.8 Å². The SMILES string of the molecule is COc1cccc(CCC[C@@H](B2OC(C)(C)C(C)(C)O2)C(C)C(N)=O)c1. The Morgan fingerprint density at radius 2 is 1.85 bits per heavy atom. The Morgan fingerprint density at radius 3 is 2.38 bits per heavy atom. The molecule has 1 aromatic rings. The van der Waals surface area contributed by atoms with Crippen LogP contribution in [0.3, 0.4) is 0 Å². The zero-order chi connectivity index (χ0) is 19.5. The molecule has 0 radical (unpaired) electrons. The van der Waals surface area contributed by atoms with Crippen molar-refractivity contribution in [1.29, 1.82) is 0 Å². The molecule has 5 nitrogen and oxygen atoms in total. The van der Waals surface area contributed by atoms with Crippen molar-refractivity contribution in [3.8, 4) is 5.75 Å². The first-order valence-corrected chi connectivity index (χ1v) is 9.35. The van der Waals surface area contributed by atoms with E-state index < -0.39 is 18.3 Å². The maximum absolute atomic E-state index is 11.8. The lowest BCUT2D eigenvalue weighted by atomic mass is 9.63. The Labute approximate surface area is 157 Å². The first kappa shape index (κ1) is 20.8. The van der Waals surface area contributed by atoms with Gasteiger partial charge in [0.1, 0.15) is 5.75 Å². The van der Waals surface area contributed by atoms with Gasteiger partial charge in [-0.15, -0.1) is 0 Å². The normalized spacial score (nSPS) is 20.6. The minimum absolute atomic E-state index is 0.0702. The van der Waals surface area contributed by atoms with Crippen LogP contribution >= 0.6 is 0 Å². The lowest BCUT2D eigenvalue weighted by Gasteiger charge is -2.32. The molecule has 0 bridgehead atoms. The molecule has 2 rings (SSSR count). The molecule has 1 amide bonds. The Kier molecular flexibility index (Phi) is 6.40. The largest absolute Gasteiger partial charge is 0.497 e. The molecule has 1 unspecified atom stereocenters. The highest BCUT2D eigenvalue weighted by molar-refractivity contribution is 6.48. The van der Waals surface area contributed by atoms with Crippen LogP contribution in [0.2, 0.25) is 5.82 Å². The van der Waals surface area contributed by atoms with Gasteiger partial charge in [-0.25, -0.2) is 0 Å². The van der Waals surface area contributed by atoms with Crippen LogP contribution in [0.15, 0.2) is 24.3 Å². The van der Waals surface area contributed by atoms with Gasteiger partial charge < -0.3 is 19.8 Å². The molecule has 0 saturated carbocycles. The first-order valence-electron chi connectivity index (χ1n) is 9.35. The average Bonchev–Trinajstić information content (AvgIpc) is 2.78. The van der Waals surface area contributed by atoms with Crippen LogP contribution in [0, 0.1) is 5.92 Å². The monoisotopic (exact) mass is 361 g/mol. The number of methoxy groups -OCH3 is 1. The van der Waals surface area contributed by atoms with Crippen molar-refractivity contribution in [3.63, 3.8) is 0 Å². The molecule has 6 heteroatoms. The van der Waals surface area contributed by atoms with Gasteiger partial charge in [-0.1, -0.05) is 25.5 Å². The van der Waals surface area contributed by atoms with E-state index in [4.69, 9.17) is 19.8 Å². The molecule has 1 heterocycles. The summed E-state index contributed by atoms with van der Waals surface area (Å²) in [7, 11) is 1.25. The first-order chi connectivity index (χ1) is 12.1. The lowest BCUT2D eigenvalue weighted by Crippen LogP contribution is -2.41. The second-order valence-electron chi connectivity index (χ2n) is 8.22. The maximum atomic E-state index is 11.8. The molecular formula is C20H32BNO4. The van der Waals surface area contributed by atoms with Gasteiger partial charge in [0.2, 0.25) is 5.91 Å². The van der Waals surface area contributed by atoms with Gasteiger partial charge in [-0.05, 0) is 58.2 Å². The minimum atomic E-state index is -0.423. The summed E-state index contributed by atoms with van der Waals surface area (Å²) in [4.78, 5) is 11.8. The molecule has 1 aliphatic heterocycles. The average molecular weight is 361 g/mol. The molecule has 0 aliphatic carbocycles. The molecule has 26 heavy (non-hydrogen) atoms. The predicted molar refractivity (Wildman–Crippen MR) is 104 cm³/mol. The second kappa shape index (κ2) is 8.01. The zero-order valence-electron chi connectivity index (χ0n) is 16.9. The van der Waals surface area contributed by atoms with Crippen LogP contribution in [-0.2, 0) is 20.5 Å². The quantitative estimate of drug-likeness (QED) is 0.718. The van der Waals surface area contributed by atoms with Crippen molar-refractivity contribution < 1.29 is 18.8 Å². The van der Waals surface area contributed by atoms with E-state index in [0.717, 1.165) is 25.0 Å². The standard InChI is InChI=1S/C20H32BNO4/c1-14(18(22)23)17(21-25-19(2,3)20(4,5)26-21)12-8-10-15-9-7-11-16(13-15)24-6/h7,9,11,13-14,17H,8,10,12H2,1-6H3,(H2,22,23)/t14?,17-/m1/s1. The van der Waals surface area contributed by atoms with Gasteiger partial charge in [-0.2, -0.15) is 0 Å². The summed E-state index contributed by atoms with van der Waals surface area (Å²) in [6.45, 7) is 9.96. The van der Waals surface area contributed by atoms with Crippen molar-refractivity contribution in [2.75, 3.05) is 7.11 Å². The Bertz CT molecular complexity index is 616. The number of amides is 1. The van der Waals surface area contributed by atoms with Gasteiger partial charge in [0, 0.05) is 11.7 Å². The van der Waals surface area contributed by atoms with Crippen LogP contribution < -0.4 is 10.5 Å². The van der Waals surface area contributed by atoms with E-state index in [-0.39, 0.29) is 17.6 Å². The van der Waals surface area contributed by atoms with E-state index in [0.29, 0.717) is 0 Å². The smallest absolute Gasteiger partial charge is 0.461 e. The predicted octanol–water partition coefficient (Wildman–Crippen LogP) is 3.60. The topological polar surface area (TPSA) is 70.8 Å².